The van der Waals surface area contributed by atoms with Gasteiger partial charge >= 0.3 is 0 Å². The molecule has 0 saturated carbocycles. The molecule has 0 atom stereocenters. The molecular formula is C10H19N3. The fraction of sp³-hybridized carbons (Fsp3) is 0.800. The molecule has 0 fully saturated rings. The van der Waals surface area contributed by atoms with Crippen LogP contribution in [0.2, 0.25) is 0 Å². The summed E-state index contributed by atoms with van der Waals surface area (Å²) in [6, 6.07) is 0. The molecule has 0 aromatic carbocycles. The second-order valence-corrected chi connectivity index (χ2v) is 4.14. The summed E-state index contributed by atoms with van der Waals surface area (Å²) in [4.78, 5) is 7.17. The average molecular weight is 181 g/mol. The largest absolute Gasteiger partial charge is 0.373 e. The first-order valence-electron chi connectivity index (χ1n) is 5.06. The van der Waals surface area contributed by atoms with E-state index in [1.54, 1.807) is 0 Å². The summed E-state index contributed by atoms with van der Waals surface area (Å²) < 4.78 is 0. The molecule has 2 rings (SSSR count). The number of hydrogen-bond donors (Lipinski definition) is 0. The van der Waals surface area contributed by atoms with Crippen molar-refractivity contribution in [3.63, 3.8) is 0 Å². The maximum absolute atomic E-state index is 2.41. The Morgan fingerprint density at radius 2 is 1.46 bits per heavy atom. The third kappa shape index (κ3) is 1.36. The number of rotatable bonds is 0. The van der Waals surface area contributed by atoms with Crippen molar-refractivity contribution in [2.24, 2.45) is 0 Å². The summed E-state index contributed by atoms with van der Waals surface area (Å²) >= 11 is 0. The molecule has 0 N–H and O–H groups in total. The SMILES string of the molecule is CN1CCN(C)C2=C1CCCN2C. The summed E-state index contributed by atoms with van der Waals surface area (Å²) in [5.41, 5.74) is 1.53. The number of hydrogen-bond acceptors (Lipinski definition) is 3. The van der Waals surface area contributed by atoms with Gasteiger partial charge in [0, 0.05) is 40.8 Å². The molecule has 0 radical (unpaired) electrons. The Labute approximate surface area is 80.6 Å². The summed E-state index contributed by atoms with van der Waals surface area (Å²) in [6.07, 6.45) is 2.55. The Morgan fingerprint density at radius 3 is 2.15 bits per heavy atom. The smallest absolute Gasteiger partial charge is 0.123 e. The van der Waals surface area contributed by atoms with Crippen LogP contribution in [0, 0.1) is 0 Å². The van der Waals surface area contributed by atoms with E-state index < -0.39 is 0 Å². The van der Waals surface area contributed by atoms with Crippen LogP contribution in [0.25, 0.3) is 0 Å². The van der Waals surface area contributed by atoms with Crippen LogP contribution in [0.3, 0.4) is 0 Å². The Balaban J connectivity index is 2.33. The number of likely N-dealkylation sites (N-methyl/N-ethyl adjacent to an activating group) is 2. The fourth-order valence-electron chi connectivity index (χ4n) is 2.34. The van der Waals surface area contributed by atoms with Crippen LogP contribution in [-0.2, 0) is 0 Å². The first kappa shape index (κ1) is 8.73. The topological polar surface area (TPSA) is 9.72 Å². The van der Waals surface area contributed by atoms with Gasteiger partial charge in [-0.15, -0.1) is 0 Å². The van der Waals surface area contributed by atoms with Gasteiger partial charge in [0.1, 0.15) is 5.82 Å². The molecule has 0 saturated heterocycles. The fourth-order valence-corrected chi connectivity index (χ4v) is 2.34. The Morgan fingerprint density at radius 1 is 0.846 bits per heavy atom. The summed E-state index contributed by atoms with van der Waals surface area (Å²) in [7, 11) is 6.61. The van der Waals surface area contributed by atoms with Crippen LogP contribution >= 0.6 is 0 Å². The van der Waals surface area contributed by atoms with E-state index >= 15 is 0 Å². The monoisotopic (exact) mass is 181 g/mol. The molecule has 2 heterocycles. The van der Waals surface area contributed by atoms with Crippen molar-refractivity contribution < 1.29 is 0 Å². The van der Waals surface area contributed by atoms with E-state index in [4.69, 9.17) is 0 Å². The summed E-state index contributed by atoms with van der Waals surface area (Å²) in [6.45, 7) is 3.53. The molecule has 0 aromatic heterocycles. The number of allylic oxidation sites excluding steroid dienone is 1. The van der Waals surface area contributed by atoms with Crippen molar-refractivity contribution in [1.29, 1.82) is 0 Å². The third-order valence-corrected chi connectivity index (χ3v) is 3.12. The molecule has 0 aliphatic carbocycles. The van der Waals surface area contributed by atoms with Gasteiger partial charge in [0.15, 0.2) is 0 Å². The summed E-state index contributed by atoms with van der Waals surface area (Å²) in [5.74, 6) is 1.44. The van der Waals surface area contributed by atoms with Crippen molar-refractivity contribution in [2.75, 3.05) is 40.8 Å². The highest BCUT2D eigenvalue weighted by molar-refractivity contribution is 5.16. The molecule has 0 amide bonds. The summed E-state index contributed by atoms with van der Waals surface area (Å²) in [5, 5.41) is 0. The highest BCUT2D eigenvalue weighted by atomic mass is 15.4. The molecular weight excluding hydrogens is 162 g/mol. The minimum atomic E-state index is 1.15. The predicted octanol–water partition coefficient (Wildman–Crippen LogP) is 0.758. The normalized spacial score (nSPS) is 23.8. The molecule has 3 nitrogen and oxygen atoms in total. The lowest BCUT2D eigenvalue weighted by Crippen LogP contribution is -2.45. The van der Waals surface area contributed by atoms with Crippen molar-refractivity contribution >= 4 is 0 Å². The van der Waals surface area contributed by atoms with E-state index in [9.17, 15) is 0 Å². The molecule has 0 spiro atoms. The maximum atomic E-state index is 2.41. The highest BCUT2D eigenvalue weighted by Gasteiger charge is 2.26. The van der Waals surface area contributed by atoms with Gasteiger partial charge in [-0.05, 0) is 12.8 Å². The van der Waals surface area contributed by atoms with E-state index in [1.165, 1.54) is 37.4 Å². The first-order chi connectivity index (χ1) is 6.20. The Hall–Kier alpha value is -0.860. The predicted molar refractivity (Wildman–Crippen MR) is 54.2 cm³/mol. The minimum absolute atomic E-state index is 1.15. The molecule has 2 aliphatic rings. The van der Waals surface area contributed by atoms with Gasteiger partial charge in [0.25, 0.3) is 0 Å². The van der Waals surface area contributed by atoms with Crippen molar-refractivity contribution in [3.05, 3.63) is 11.5 Å². The molecule has 0 aromatic rings. The van der Waals surface area contributed by atoms with Crippen molar-refractivity contribution in [2.45, 2.75) is 12.8 Å². The van der Waals surface area contributed by atoms with Gasteiger partial charge < -0.3 is 14.7 Å². The quantitative estimate of drug-likeness (QED) is 0.546. The zero-order chi connectivity index (χ0) is 9.42. The van der Waals surface area contributed by atoms with Gasteiger partial charge in [-0.2, -0.15) is 0 Å². The average Bonchev–Trinajstić information content (AvgIpc) is 2.12. The Bertz CT molecular complexity index is 228. The lowest BCUT2D eigenvalue weighted by Gasteiger charge is -2.43. The van der Waals surface area contributed by atoms with Crippen molar-refractivity contribution in [3.8, 4) is 0 Å². The lowest BCUT2D eigenvalue weighted by molar-refractivity contribution is 0.171. The molecule has 0 bridgehead atoms. The van der Waals surface area contributed by atoms with E-state index in [0.29, 0.717) is 0 Å². The van der Waals surface area contributed by atoms with Gasteiger partial charge in [-0.1, -0.05) is 0 Å². The number of nitrogens with zero attached hydrogens (tertiary/aromatic N) is 3. The van der Waals surface area contributed by atoms with Crippen LogP contribution in [0.15, 0.2) is 11.5 Å². The van der Waals surface area contributed by atoms with Crippen LogP contribution in [0.1, 0.15) is 12.8 Å². The highest BCUT2D eigenvalue weighted by Crippen LogP contribution is 2.27. The second kappa shape index (κ2) is 3.13. The van der Waals surface area contributed by atoms with E-state index in [2.05, 4.69) is 35.8 Å². The van der Waals surface area contributed by atoms with Gasteiger partial charge in [0.05, 0.1) is 5.70 Å². The van der Waals surface area contributed by atoms with Crippen LogP contribution < -0.4 is 0 Å². The molecule has 74 valence electrons. The maximum Gasteiger partial charge on any atom is 0.123 e. The van der Waals surface area contributed by atoms with Crippen LogP contribution in [0.4, 0.5) is 0 Å². The van der Waals surface area contributed by atoms with E-state index in [0.717, 1.165) is 6.54 Å². The van der Waals surface area contributed by atoms with Gasteiger partial charge in [0.2, 0.25) is 0 Å². The zero-order valence-electron chi connectivity index (χ0n) is 8.88. The second-order valence-electron chi connectivity index (χ2n) is 4.14. The first-order valence-corrected chi connectivity index (χ1v) is 5.06. The van der Waals surface area contributed by atoms with Crippen molar-refractivity contribution in [1.82, 2.24) is 14.7 Å². The minimum Gasteiger partial charge on any atom is -0.373 e. The van der Waals surface area contributed by atoms with E-state index in [-0.39, 0.29) is 0 Å². The molecule has 13 heavy (non-hydrogen) atoms. The van der Waals surface area contributed by atoms with E-state index in [1.807, 2.05) is 0 Å². The van der Waals surface area contributed by atoms with Gasteiger partial charge in [-0.3, -0.25) is 0 Å². The molecule has 3 heteroatoms. The van der Waals surface area contributed by atoms with Crippen LogP contribution in [0.5, 0.6) is 0 Å². The van der Waals surface area contributed by atoms with Crippen LogP contribution in [-0.4, -0.2) is 55.5 Å². The molecule has 0 unspecified atom stereocenters. The molecule has 2 aliphatic heterocycles. The zero-order valence-corrected chi connectivity index (χ0v) is 8.88. The lowest BCUT2D eigenvalue weighted by atomic mass is 10.1. The third-order valence-electron chi connectivity index (χ3n) is 3.12. The van der Waals surface area contributed by atoms with Gasteiger partial charge in [-0.25, -0.2) is 0 Å². The Kier molecular flexibility index (Phi) is 2.10. The standard InChI is InChI=1S/C10H19N3/c1-11-7-8-13(3)10-9(11)5-4-6-12(10)2/h4-8H2,1-3H3.